The Labute approximate surface area is 98.6 Å². The summed E-state index contributed by atoms with van der Waals surface area (Å²) < 4.78 is 4.93. The Kier molecular flexibility index (Phi) is 4.52. The van der Waals surface area contributed by atoms with Gasteiger partial charge < -0.3 is 14.7 Å². The molecule has 0 unspecified atom stereocenters. The van der Waals surface area contributed by atoms with Gasteiger partial charge in [0, 0.05) is 13.1 Å². The largest absolute Gasteiger partial charge is 0.481 e. The van der Waals surface area contributed by atoms with Crippen molar-refractivity contribution in [3.05, 3.63) is 17.8 Å². The van der Waals surface area contributed by atoms with Crippen LogP contribution in [0.1, 0.15) is 5.69 Å². The minimum Gasteiger partial charge on any atom is -0.481 e. The van der Waals surface area contributed by atoms with Gasteiger partial charge in [-0.3, -0.25) is 4.79 Å². The predicted molar refractivity (Wildman–Crippen MR) is 60.8 cm³/mol. The molecular formula is C10H13ClN2O3. The Balaban J connectivity index is 3.08. The molecule has 0 aliphatic rings. The molecule has 1 rings (SSSR count). The normalized spacial score (nSPS) is 10.0. The molecule has 16 heavy (non-hydrogen) atoms. The highest BCUT2D eigenvalue weighted by atomic mass is 35.5. The maximum atomic E-state index is 11.4. The van der Waals surface area contributed by atoms with E-state index in [4.69, 9.17) is 21.4 Å². The highest BCUT2D eigenvalue weighted by molar-refractivity contribution is 6.29. The lowest BCUT2D eigenvalue weighted by Crippen LogP contribution is -2.28. The first kappa shape index (κ1) is 12.7. The molecule has 0 saturated heterocycles. The molecule has 0 saturated carbocycles. The first-order chi connectivity index (χ1) is 7.63. The lowest BCUT2D eigenvalue weighted by Gasteiger charge is -2.18. The summed E-state index contributed by atoms with van der Waals surface area (Å²) in [6.07, 6.45) is 0. The van der Waals surface area contributed by atoms with E-state index in [1.807, 2.05) is 0 Å². The van der Waals surface area contributed by atoms with Crippen LogP contribution in [0, 0.1) is 0 Å². The number of amides is 1. The Morgan fingerprint density at radius 2 is 2.31 bits per heavy atom. The lowest BCUT2D eigenvalue weighted by molar-refractivity contribution is -0.116. The van der Waals surface area contributed by atoms with E-state index in [0.717, 1.165) is 0 Å². The van der Waals surface area contributed by atoms with E-state index >= 15 is 0 Å². The van der Waals surface area contributed by atoms with Crippen molar-refractivity contribution >= 4 is 23.2 Å². The molecule has 0 bridgehead atoms. The van der Waals surface area contributed by atoms with Crippen molar-refractivity contribution in [3.63, 3.8) is 0 Å². The molecule has 0 aliphatic heterocycles. The van der Waals surface area contributed by atoms with Crippen molar-refractivity contribution in [1.29, 1.82) is 0 Å². The van der Waals surface area contributed by atoms with Crippen LogP contribution in [0.3, 0.4) is 0 Å². The van der Waals surface area contributed by atoms with Crippen molar-refractivity contribution in [2.45, 2.75) is 6.61 Å². The summed E-state index contributed by atoms with van der Waals surface area (Å²) in [5.41, 5.74) is 0.897. The fraction of sp³-hybridized carbons (Fsp3) is 0.400. The second-order valence-electron chi connectivity index (χ2n) is 3.06. The molecule has 1 amide bonds. The van der Waals surface area contributed by atoms with Gasteiger partial charge in [0.25, 0.3) is 0 Å². The van der Waals surface area contributed by atoms with Gasteiger partial charge in [0.05, 0.1) is 25.1 Å². The van der Waals surface area contributed by atoms with Gasteiger partial charge in [0.1, 0.15) is 5.88 Å². The molecule has 1 heterocycles. The summed E-state index contributed by atoms with van der Waals surface area (Å²) in [5, 5.41) is 9.15. The Morgan fingerprint density at radius 1 is 1.62 bits per heavy atom. The second kappa shape index (κ2) is 5.67. The number of aromatic nitrogens is 1. The zero-order valence-corrected chi connectivity index (χ0v) is 9.86. The number of methoxy groups -OCH3 is 1. The molecule has 0 aliphatic carbocycles. The van der Waals surface area contributed by atoms with Gasteiger partial charge in [0.15, 0.2) is 0 Å². The Hall–Kier alpha value is -1.33. The zero-order chi connectivity index (χ0) is 12.1. The van der Waals surface area contributed by atoms with Gasteiger partial charge in [-0.05, 0) is 6.07 Å². The standard InChI is InChI=1S/C10H13ClN2O3/c1-13(10(15)5-11)8-3-4-9(16-2)12-7(8)6-14/h3-4,14H,5-6H2,1-2H3. The minimum atomic E-state index is -0.271. The van der Waals surface area contributed by atoms with E-state index in [1.54, 1.807) is 19.2 Å². The molecule has 0 aromatic carbocycles. The second-order valence-corrected chi connectivity index (χ2v) is 3.33. The van der Waals surface area contributed by atoms with E-state index in [0.29, 0.717) is 17.3 Å². The maximum Gasteiger partial charge on any atom is 0.241 e. The zero-order valence-electron chi connectivity index (χ0n) is 9.11. The van der Waals surface area contributed by atoms with E-state index < -0.39 is 0 Å². The number of aliphatic hydroxyl groups excluding tert-OH is 1. The van der Waals surface area contributed by atoms with Crippen LogP contribution in [-0.4, -0.2) is 36.0 Å². The molecule has 0 radical (unpaired) electrons. The number of nitrogens with zero attached hydrogens (tertiary/aromatic N) is 2. The summed E-state index contributed by atoms with van der Waals surface area (Å²) >= 11 is 5.45. The Morgan fingerprint density at radius 3 is 2.81 bits per heavy atom. The third kappa shape index (κ3) is 2.62. The van der Waals surface area contributed by atoms with Gasteiger partial charge in [0.2, 0.25) is 11.8 Å². The molecule has 1 aromatic rings. The van der Waals surface area contributed by atoms with Crippen molar-refractivity contribution < 1.29 is 14.6 Å². The number of anilines is 1. The SMILES string of the molecule is COc1ccc(N(C)C(=O)CCl)c(CO)n1. The third-order valence-electron chi connectivity index (χ3n) is 2.13. The van der Waals surface area contributed by atoms with Crippen LogP contribution in [0.15, 0.2) is 12.1 Å². The molecule has 88 valence electrons. The lowest BCUT2D eigenvalue weighted by atomic mass is 10.2. The van der Waals surface area contributed by atoms with E-state index in [1.165, 1.54) is 12.0 Å². The maximum absolute atomic E-state index is 11.4. The fourth-order valence-corrected chi connectivity index (χ4v) is 1.41. The molecule has 6 heteroatoms. The van der Waals surface area contributed by atoms with E-state index in [2.05, 4.69) is 4.98 Å². The van der Waals surface area contributed by atoms with Crippen molar-refractivity contribution in [3.8, 4) is 5.88 Å². The van der Waals surface area contributed by atoms with Gasteiger partial charge in [-0.2, -0.15) is 0 Å². The molecule has 1 aromatic heterocycles. The summed E-state index contributed by atoms with van der Waals surface area (Å²) in [4.78, 5) is 16.8. The van der Waals surface area contributed by atoms with Gasteiger partial charge in [-0.25, -0.2) is 4.98 Å². The number of halogens is 1. The number of aliphatic hydroxyl groups is 1. The Bertz CT molecular complexity index is 384. The predicted octanol–water partition coefficient (Wildman–Crippen LogP) is 0.784. The number of rotatable bonds is 4. The monoisotopic (exact) mass is 244 g/mol. The van der Waals surface area contributed by atoms with Crippen LogP contribution >= 0.6 is 11.6 Å². The van der Waals surface area contributed by atoms with Crippen LogP contribution in [-0.2, 0) is 11.4 Å². The summed E-state index contributed by atoms with van der Waals surface area (Å²) in [6.45, 7) is -0.271. The number of hydrogen-bond acceptors (Lipinski definition) is 4. The molecule has 1 N–H and O–H groups in total. The summed E-state index contributed by atoms with van der Waals surface area (Å²) in [7, 11) is 3.06. The minimum absolute atomic E-state index is 0.118. The molecule has 0 atom stereocenters. The highest BCUT2D eigenvalue weighted by Crippen LogP contribution is 2.21. The van der Waals surface area contributed by atoms with Crippen molar-refractivity contribution in [1.82, 2.24) is 4.98 Å². The van der Waals surface area contributed by atoms with Gasteiger partial charge in [-0.1, -0.05) is 0 Å². The fourth-order valence-electron chi connectivity index (χ4n) is 1.23. The first-order valence-corrected chi connectivity index (χ1v) is 5.14. The summed E-state index contributed by atoms with van der Waals surface area (Å²) in [6, 6.07) is 3.27. The average Bonchev–Trinajstić information content (AvgIpc) is 2.35. The number of carbonyl (C=O) groups excluding carboxylic acids is 1. The molecule has 0 fully saturated rings. The molecule has 5 nitrogen and oxygen atoms in total. The van der Waals surface area contributed by atoms with Crippen molar-refractivity contribution in [2.75, 3.05) is 24.9 Å². The van der Waals surface area contributed by atoms with Crippen LogP contribution in [0.5, 0.6) is 5.88 Å². The molecule has 0 spiro atoms. The van der Waals surface area contributed by atoms with Crippen LogP contribution < -0.4 is 9.64 Å². The van der Waals surface area contributed by atoms with Gasteiger partial charge >= 0.3 is 0 Å². The average molecular weight is 245 g/mol. The van der Waals surface area contributed by atoms with Crippen LogP contribution in [0.25, 0.3) is 0 Å². The number of alkyl halides is 1. The number of ether oxygens (including phenoxy) is 1. The smallest absolute Gasteiger partial charge is 0.241 e. The highest BCUT2D eigenvalue weighted by Gasteiger charge is 2.14. The van der Waals surface area contributed by atoms with Crippen molar-refractivity contribution in [2.24, 2.45) is 0 Å². The third-order valence-corrected chi connectivity index (χ3v) is 2.36. The molecular weight excluding hydrogens is 232 g/mol. The van der Waals surface area contributed by atoms with E-state index in [-0.39, 0.29) is 18.4 Å². The number of carbonyl (C=O) groups is 1. The van der Waals surface area contributed by atoms with E-state index in [9.17, 15) is 4.79 Å². The quantitative estimate of drug-likeness (QED) is 0.796. The van der Waals surface area contributed by atoms with Crippen LogP contribution in [0.4, 0.5) is 5.69 Å². The topological polar surface area (TPSA) is 62.7 Å². The summed E-state index contributed by atoms with van der Waals surface area (Å²) in [5.74, 6) is 0.00998. The van der Waals surface area contributed by atoms with Gasteiger partial charge in [-0.15, -0.1) is 11.6 Å². The van der Waals surface area contributed by atoms with Crippen LogP contribution in [0.2, 0.25) is 0 Å². The number of pyridine rings is 1. The first-order valence-electron chi connectivity index (χ1n) is 4.61. The number of hydrogen-bond donors (Lipinski definition) is 1.